The molecule has 1 rings (SSSR count). The van der Waals surface area contributed by atoms with Crippen molar-refractivity contribution in [2.24, 2.45) is 15.7 Å². The molecule has 1 amide bonds. The van der Waals surface area contributed by atoms with Crippen LogP contribution < -0.4 is 5.73 Å². The van der Waals surface area contributed by atoms with Crippen LogP contribution in [0.1, 0.15) is 6.42 Å². The van der Waals surface area contributed by atoms with E-state index in [4.69, 9.17) is 10.8 Å². The molecule has 0 aliphatic carbocycles. The molecule has 6 nitrogen and oxygen atoms in total. The lowest BCUT2D eigenvalue weighted by Crippen LogP contribution is -2.33. The van der Waals surface area contributed by atoms with Gasteiger partial charge in [0.15, 0.2) is 0 Å². The van der Waals surface area contributed by atoms with Crippen molar-refractivity contribution in [1.29, 1.82) is 0 Å². The molecule has 0 aromatic carbocycles. The van der Waals surface area contributed by atoms with E-state index >= 15 is 0 Å². The molecule has 0 aromatic heterocycles. The van der Waals surface area contributed by atoms with Crippen LogP contribution in [0.5, 0.6) is 0 Å². The Morgan fingerprint density at radius 1 is 1.76 bits per heavy atom. The maximum absolute atomic E-state index is 13.6. The minimum absolute atomic E-state index is 0.0404. The van der Waals surface area contributed by atoms with Gasteiger partial charge in [-0.25, -0.2) is 9.38 Å². The number of aliphatic hydroxyl groups excluding tert-OH is 1. The number of aliphatic hydroxyl groups is 1. The molecule has 0 spiro atoms. The number of guanidine groups is 1. The van der Waals surface area contributed by atoms with E-state index in [1.165, 1.54) is 18.1 Å². The Hall–Kier alpha value is -1.15. The summed E-state index contributed by atoms with van der Waals surface area (Å²) in [6.07, 6.45) is 0.906. The van der Waals surface area contributed by atoms with Crippen LogP contribution >= 0.6 is 11.8 Å². The molecule has 0 radical (unpaired) electrons. The number of carbonyl (C=O) groups excluding carboxylic acids is 1. The normalized spacial score (nSPS) is 29.8. The van der Waals surface area contributed by atoms with Gasteiger partial charge in [-0.1, -0.05) is 0 Å². The van der Waals surface area contributed by atoms with E-state index in [9.17, 15) is 9.18 Å². The van der Waals surface area contributed by atoms with E-state index in [1.54, 1.807) is 11.9 Å². The minimum atomic E-state index is -1.03. The second-order valence-corrected chi connectivity index (χ2v) is 5.01. The molecule has 1 saturated heterocycles. The van der Waals surface area contributed by atoms with E-state index in [0.717, 1.165) is 0 Å². The predicted octanol–water partition coefficient (Wildman–Crippen LogP) is -0.420. The summed E-state index contributed by atoms with van der Waals surface area (Å²) < 4.78 is 13.6. The summed E-state index contributed by atoms with van der Waals surface area (Å²) in [4.78, 5) is 18.5. The Morgan fingerprint density at radius 3 is 3.00 bits per heavy atom. The van der Waals surface area contributed by atoms with Gasteiger partial charge in [0, 0.05) is 12.3 Å². The Kier molecular flexibility index (Phi) is 5.36. The Bertz CT molecular complexity index is 326. The highest BCUT2D eigenvalue weighted by atomic mass is 32.2. The average Bonchev–Trinajstić information content (AvgIpc) is 2.68. The zero-order valence-corrected chi connectivity index (χ0v) is 10.2. The summed E-state index contributed by atoms with van der Waals surface area (Å²) in [6.45, 7) is -0.0404. The number of amides is 1. The molecule has 1 aliphatic heterocycles. The zero-order valence-electron chi connectivity index (χ0n) is 9.36. The summed E-state index contributed by atoms with van der Waals surface area (Å²) in [5.41, 5.74) is 5.27. The number of aliphatic imine (C=N–C) groups is 2. The first-order chi connectivity index (χ1) is 8.08. The van der Waals surface area contributed by atoms with Crippen LogP contribution in [0, 0.1) is 0 Å². The standard InChI is InChI=1S/C9H15FN4O2S/c1-14(4-12-9(11)13-5-16)8-7(10)2-6(3-15)17-8/h4-8,15H,2-3H2,1H3,(H2,11,13,16)/b12-4-. The fourth-order valence-electron chi connectivity index (χ4n) is 1.48. The van der Waals surface area contributed by atoms with Gasteiger partial charge in [-0.3, -0.25) is 4.79 Å². The van der Waals surface area contributed by atoms with Crippen molar-refractivity contribution in [1.82, 2.24) is 4.90 Å². The van der Waals surface area contributed by atoms with Crippen LogP contribution in [0.2, 0.25) is 0 Å². The van der Waals surface area contributed by atoms with E-state index in [1.807, 2.05) is 0 Å². The number of hydrogen-bond acceptors (Lipinski definition) is 3. The lowest BCUT2D eigenvalue weighted by atomic mass is 10.2. The van der Waals surface area contributed by atoms with Gasteiger partial charge in [-0.05, 0) is 6.42 Å². The summed E-state index contributed by atoms with van der Waals surface area (Å²) in [5.74, 6) is -0.177. The molecule has 1 aliphatic rings. The van der Waals surface area contributed by atoms with Gasteiger partial charge in [-0.15, -0.1) is 11.8 Å². The van der Waals surface area contributed by atoms with Gasteiger partial charge < -0.3 is 15.7 Å². The Balaban J connectivity index is 2.56. The van der Waals surface area contributed by atoms with E-state index < -0.39 is 11.5 Å². The van der Waals surface area contributed by atoms with Crippen LogP contribution in [-0.4, -0.2) is 59.2 Å². The molecule has 0 bridgehead atoms. The number of nitrogens with zero attached hydrogens (tertiary/aromatic N) is 3. The lowest BCUT2D eigenvalue weighted by Gasteiger charge is -2.22. The molecule has 0 aromatic rings. The quantitative estimate of drug-likeness (QED) is 0.408. The van der Waals surface area contributed by atoms with Crippen molar-refractivity contribution in [2.45, 2.75) is 23.2 Å². The van der Waals surface area contributed by atoms with Gasteiger partial charge in [-0.2, -0.15) is 4.99 Å². The molecular weight excluding hydrogens is 247 g/mol. The van der Waals surface area contributed by atoms with Crippen molar-refractivity contribution in [2.75, 3.05) is 13.7 Å². The van der Waals surface area contributed by atoms with E-state index in [2.05, 4.69) is 9.98 Å². The number of carbonyl (C=O) groups is 1. The highest BCUT2D eigenvalue weighted by Crippen LogP contribution is 2.36. The van der Waals surface area contributed by atoms with E-state index in [-0.39, 0.29) is 24.2 Å². The number of hydrogen-bond donors (Lipinski definition) is 2. The smallest absolute Gasteiger partial charge is 0.236 e. The summed E-state index contributed by atoms with van der Waals surface area (Å²) >= 11 is 1.35. The largest absolute Gasteiger partial charge is 0.395 e. The number of alkyl halides is 1. The van der Waals surface area contributed by atoms with Crippen LogP contribution in [0.3, 0.4) is 0 Å². The van der Waals surface area contributed by atoms with E-state index in [0.29, 0.717) is 6.42 Å². The third-order valence-corrected chi connectivity index (χ3v) is 3.92. The fourth-order valence-corrected chi connectivity index (χ4v) is 2.78. The fraction of sp³-hybridized carbons (Fsp3) is 0.667. The molecule has 3 unspecified atom stereocenters. The van der Waals surface area contributed by atoms with Crippen molar-refractivity contribution in [3.8, 4) is 0 Å². The molecule has 3 N–H and O–H groups in total. The topological polar surface area (TPSA) is 91.3 Å². The SMILES string of the molecule is CN(/C=N\C(N)=N/C=O)C1SC(CO)CC1F. The first kappa shape index (κ1) is 13.9. The van der Waals surface area contributed by atoms with Crippen molar-refractivity contribution < 1.29 is 14.3 Å². The predicted molar refractivity (Wildman–Crippen MR) is 65.7 cm³/mol. The Morgan fingerprint density at radius 2 is 2.47 bits per heavy atom. The molecule has 1 heterocycles. The number of nitrogens with two attached hydrogens (primary N) is 1. The number of halogens is 1. The molecule has 0 saturated carbocycles. The number of rotatable bonds is 4. The highest BCUT2D eigenvalue weighted by molar-refractivity contribution is 8.00. The van der Waals surface area contributed by atoms with Gasteiger partial charge in [0.2, 0.25) is 12.4 Å². The van der Waals surface area contributed by atoms with Crippen molar-refractivity contribution in [3.05, 3.63) is 0 Å². The molecular formula is C9H15FN4O2S. The Labute approximate surface area is 103 Å². The second kappa shape index (κ2) is 6.55. The van der Waals surface area contributed by atoms with Crippen molar-refractivity contribution in [3.63, 3.8) is 0 Å². The zero-order chi connectivity index (χ0) is 12.8. The van der Waals surface area contributed by atoms with Gasteiger partial charge in [0.1, 0.15) is 11.5 Å². The third kappa shape index (κ3) is 3.97. The first-order valence-electron chi connectivity index (χ1n) is 5.02. The summed E-state index contributed by atoms with van der Waals surface area (Å²) in [6, 6.07) is 0. The average molecular weight is 262 g/mol. The highest BCUT2D eigenvalue weighted by Gasteiger charge is 2.36. The maximum Gasteiger partial charge on any atom is 0.236 e. The van der Waals surface area contributed by atoms with Crippen molar-refractivity contribution >= 4 is 30.5 Å². The van der Waals surface area contributed by atoms with Crippen LogP contribution in [0.25, 0.3) is 0 Å². The first-order valence-corrected chi connectivity index (χ1v) is 5.96. The van der Waals surface area contributed by atoms with Crippen LogP contribution in [-0.2, 0) is 4.79 Å². The molecule has 17 heavy (non-hydrogen) atoms. The minimum Gasteiger partial charge on any atom is -0.395 e. The van der Waals surface area contributed by atoms with Gasteiger partial charge >= 0.3 is 0 Å². The third-order valence-electron chi connectivity index (χ3n) is 2.29. The van der Waals surface area contributed by atoms with Gasteiger partial charge in [0.25, 0.3) is 0 Å². The summed E-state index contributed by atoms with van der Waals surface area (Å²) in [7, 11) is 1.65. The number of thioether (sulfide) groups is 1. The maximum atomic E-state index is 13.6. The van der Waals surface area contributed by atoms with Crippen LogP contribution in [0.15, 0.2) is 9.98 Å². The molecule has 3 atom stereocenters. The monoisotopic (exact) mass is 262 g/mol. The molecule has 96 valence electrons. The molecule has 8 heteroatoms. The van der Waals surface area contributed by atoms with Crippen LogP contribution in [0.4, 0.5) is 4.39 Å². The lowest BCUT2D eigenvalue weighted by molar-refractivity contribution is -0.106. The second-order valence-electron chi connectivity index (χ2n) is 3.59. The molecule has 1 fully saturated rings. The van der Waals surface area contributed by atoms with Gasteiger partial charge in [0.05, 0.1) is 12.9 Å². The summed E-state index contributed by atoms with van der Waals surface area (Å²) in [5, 5.41) is 8.46.